The Bertz CT molecular complexity index is 1660. The molecule has 0 spiro atoms. The number of rotatable bonds is 5. The van der Waals surface area contributed by atoms with Gasteiger partial charge >= 0.3 is 5.91 Å². The first-order chi connectivity index (χ1) is 17.6. The van der Waals surface area contributed by atoms with E-state index in [4.69, 9.17) is 4.74 Å². The molecule has 0 aliphatic carbocycles. The van der Waals surface area contributed by atoms with Gasteiger partial charge in [-0.3, -0.25) is 14.5 Å². The summed E-state index contributed by atoms with van der Waals surface area (Å²) in [7, 11) is 0. The third-order valence-electron chi connectivity index (χ3n) is 6.17. The molecule has 0 radical (unpaired) electrons. The normalized spacial score (nSPS) is 17.4. The minimum atomic E-state index is -0.782. The molecule has 1 atom stereocenters. The van der Waals surface area contributed by atoms with Crippen molar-refractivity contribution in [3.63, 3.8) is 0 Å². The Balaban J connectivity index is 1.54. The monoisotopic (exact) mass is 512 g/mol. The molecule has 0 saturated carbocycles. The molecule has 36 heavy (non-hydrogen) atoms. The fourth-order valence-corrected chi connectivity index (χ4v) is 6.42. The largest absolute Gasteiger partial charge is 0.507 e. The van der Waals surface area contributed by atoms with E-state index in [1.54, 1.807) is 6.07 Å². The Hall–Kier alpha value is -4.01. The average molecular weight is 513 g/mol. The molecule has 3 aromatic carbocycles. The first kappa shape index (κ1) is 22.5. The van der Waals surface area contributed by atoms with Crippen LogP contribution >= 0.6 is 22.7 Å². The van der Waals surface area contributed by atoms with Crippen molar-refractivity contribution in [2.24, 2.45) is 0 Å². The van der Waals surface area contributed by atoms with Crippen molar-refractivity contribution in [3.05, 3.63) is 94.2 Å². The first-order valence-electron chi connectivity index (χ1n) is 11.4. The smallest absolute Gasteiger partial charge is 0.301 e. The standard InChI is InChI=1S/C28H20N2O4S2/c1-2-34-17-12-13-20-22(15-17)36-28(29-20)30-24(21-11-6-14-35-21)23(26(32)27(30)33)25(31)19-10-5-8-16-7-3-4-9-18(16)19/h3-15,24,31H,2H2,1H3/b25-23+. The molecule has 6 nitrogen and oxygen atoms in total. The topological polar surface area (TPSA) is 79.7 Å². The summed E-state index contributed by atoms with van der Waals surface area (Å²) in [6.07, 6.45) is 0. The van der Waals surface area contributed by atoms with E-state index in [2.05, 4.69) is 4.98 Å². The Morgan fingerprint density at radius 2 is 1.89 bits per heavy atom. The Labute approximate surface area is 214 Å². The zero-order chi connectivity index (χ0) is 24.8. The zero-order valence-electron chi connectivity index (χ0n) is 19.2. The van der Waals surface area contributed by atoms with Gasteiger partial charge in [0.2, 0.25) is 0 Å². The third-order valence-corrected chi connectivity index (χ3v) is 8.11. The van der Waals surface area contributed by atoms with Crippen LogP contribution < -0.4 is 9.64 Å². The van der Waals surface area contributed by atoms with E-state index < -0.39 is 17.7 Å². The molecule has 0 bridgehead atoms. The zero-order valence-corrected chi connectivity index (χ0v) is 20.8. The number of hydrogen-bond acceptors (Lipinski definition) is 7. The summed E-state index contributed by atoms with van der Waals surface area (Å²) in [5.74, 6) is -0.911. The summed E-state index contributed by atoms with van der Waals surface area (Å²) in [4.78, 5) is 33.8. The van der Waals surface area contributed by atoms with Gasteiger partial charge in [0, 0.05) is 10.4 Å². The number of aliphatic hydroxyl groups is 1. The van der Waals surface area contributed by atoms with Gasteiger partial charge < -0.3 is 9.84 Å². The number of ether oxygens (including phenoxy) is 1. The number of carbonyl (C=O) groups excluding carboxylic acids is 2. The summed E-state index contributed by atoms with van der Waals surface area (Å²) < 4.78 is 6.45. The Morgan fingerprint density at radius 3 is 2.69 bits per heavy atom. The number of benzene rings is 3. The number of hydrogen-bond donors (Lipinski definition) is 1. The van der Waals surface area contributed by atoms with Gasteiger partial charge in [-0.05, 0) is 47.3 Å². The predicted octanol–water partition coefficient (Wildman–Crippen LogP) is 6.54. The van der Waals surface area contributed by atoms with Crippen LogP contribution in [0.1, 0.15) is 23.4 Å². The number of ketones is 1. The highest BCUT2D eigenvalue weighted by atomic mass is 32.1. The van der Waals surface area contributed by atoms with E-state index in [0.717, 1.165) is 20.3 Å². The molecule has 2 aromatic heterocycles. The number of amides is 1. The van der Waals surface area contributed by atoms with E-state index >= 15 is 0 Å². The summed E-state index contributed by atoms with van der Waals surface area (Å²) in [6.45, 7) is 2.46. The fraction of sp³-hybridized carbons (Fsp3) is 0.107. The van der Waals surface area contributed by atoms with Crippen molar-refractivity contribution in [1.82, 2.24) is 4.98 Å². The number of Topliss-reactive ketones (excluding diaryl/α,β-unsaturated/α-hetero) is 1. The lowest BCUT2D eigenvalue weighted by atomic mass is 9.96. The van der Waals surface area contributed by atoms with Gasteiger partial charge in [-0.1, -0.05) is 59.9 Å². The van der Waals surface area contributed by atoms with Crippen molar-refractivity contribution in [2.45, 2.75) is 13.0 Å². The number of aliphatic hydroxyl groups excluding tert-OH is 1. The molecule has 1 fully saturated rings. The SMILES string of the molecule is CCOc1ccc2nc(N3C(=O)C(=O)/C(=C(/O)c4cccc5ccccc45)C3c3cccs3)sc2c1. The molecule has 1 aliphatic rings. The van der Waals surface area contributed by atoms with Crippen LogP contribution in [0.25, 0.3) is 26.7 Å². The van der Waals surface area contributed by atoms with Gasteiger partial charge in [0.15, 0.2) is 5.13 Å². The molecular weight excluding hydrogens is 492 g/mol. The second kappa shape index (κ2) is 8.89. The van der Waals surface area contributed by atoms with Crippen LogP contribution in [0.5, 0.6) is 5.75 Å². The van der Waals surface area contributed by atoms with Crippen LogP contribution in [0, 0.1) is 0 Å². The van der Waals surface area contributed by atoms with Gasteiger partial charge in [-0.2, -0.15) is 0 Å². The highest BCUT2D eigenvalue weighted by Gasteiger charge is 2.48. The van der Waals surface area contributed by atoms with Crippen LogP contribution in [-0.4, -0.2) is 28.4 Å². The summed E-state index contributed by atoms with van der Waals surface area (Å²) in [5.41, 5.74) is 1.28. The van der Waals surface area contributed by atoms with Crippen LogP contribution in [0.15, 0.2) is 83.7 Å². The molecular formula is C28H20N2O4S2. The second-order valence-electron chi connectivity index (χ2n) is 8.27. The van der Waals surface area contributed by atoms with Crippen molar-refractivity contribution >= 4 is 66.2 Å². The van der Waals surface area contributed by atoms with Crippen molar-refractivity contribution in [3.8, 4) is 5.75 Å². The average Bonchev–Trinajstić information content (AvgIpc) is 3.62. The highest BCUT2D eigenvalue weighted by molar-refractivity contribution is 7.22. The van der Waals surface area contributed by atoms with Crippen LogP contribution in [-0.2, 0) is 9.59 Å². The fourth-order valence-electron chi connectivity index (χ4n) is 4.58. The van der Waals surface area contributed by atoms with Gasteiger partial charge in [0.1, 0.15) is 17.6 Å². The van der Waals surface area contributed by atoms with Crippen molar-refractivity contribution < 1.29 is 19.4 Å². The number of nitrogens with zero attached hydrogens (tertiary/aromatic N) is 2. The summed E-state index contributed by atoms with van der Waals surface area (Å²) >= 11 is 2.74. The molecule has 1 saturated heterocycles. The second-order valence-corrected chi connectivity index (χ2v) is 10.3. The van der Waals surface area contributed by atoms with E-state index in [1.807, 2.05) is 79.0 Å². The predicted molar refractivity (Wildman–Crippen MR) is 144 cm³/mol. The van der Waals surface area contributed by atoms with Crippen LogP contribution in [0.2, 0.25) is 0 Å². The van der Waals surface area contributed by atoms with Crippen molar-refractivity contribution in [1.29, 1.82) is 0 Å². The number of thiazole rings is 1. The lowest BCUT2D eigenvalue weighted by Crippen LogP contribution is -2.28. The number of fused-ring (bicyclic) bond motifs is 2. The maximum atomic E-state index is 13.5. The third kappa shape index (κ3) is 3.57. The minimum Gasteiger partial charge on any atom is -0.507 e. The van der Waals surface area contributed by atoms with E-state index in [9.17, 15) is 14.7 Å². The van der Waals surface area contributed by atoms with E-state index in [0.29, 0.717) is 28.6 Å². The van der Waals surface area contributed by atoms with Crippen molar-refractivity contribution in [2.75, 3.05) is 11.5 Å². The number of aromatic nitrogens is 1. The van der Waals surface area contributed by atoms with Gasteiger partial charge in [0.05, 0.1) is 22.4 Å². The summed E-state index contributed by atoms with van der Waals surface area (Å²) in [5, 5.41) is 15.5. The Kier molecular flexibility index (Phi) is 5.55. The van der Waals surface area contributed by atoms with Gasteiger partial charge in [-0.25, -0.2) is 4.98 Å². The van der Waals surface area contributed by atoms with Crippen LogP contribution in [0.3, 0.4) is 0 Å². The van der Waals surface area contributed by atoms with Crippen LogP contribution in [0.4, 0.5) is 5.13 Å². The molecule has 3 heterocycles. The number of carbonyl (C=O) groups is 2. The van der Waals surface area contributed by atoms with Gasteiger partial charge in [0.25, 0.3) is 5.78 Å². The molecule has 1 amide bonds. The summed E-state index contributed by atoms with van der Waals surface area (Å²) in [6, 6.07) is 21.7. The lowest BCUT2D eigenvalue weighted by molar-refractivity contribution is -0.132. The van der Waals surface area contributed by atoms with E-state index in [-0.39, 0.29) is 11.3 Å². The molecule has 8 heteroatoms. The lowest BCUT2D eigenvalue weighted by Gasteiger charge is -2.21. The maximum absolute atomic E-state index is 13.5. The van der Waals surface area contributed by atoms with Gasteiger partial charge in [-0.15, -0.1) is 11.3 Å². The highest BCUT2D eigenvalue weighted by Crippen LogP contribution is 2.46. The molecule has 1 unspecified atom stereocenters. The number of thiophene rings is 1. The molecule has 178 valence electrons. The molecule has 5 aromatic rings. The maximum Gasteiger partial charge on any atom is 0.301 e. The van der Waals surface area contributed by atoms with E-state index in [1.165, 1.54) is 27.6 Å². The quantitative estimate of drug-likeness (QED) is 0.164. The Morgan fingerprint density at radius 1 is 1.06 bits per heavy atom. The number of anilines is 1. The molecule has 1 aliphatic heterocycles. The molecule has 1 N–H and O–H groups in total. The minimum absolute atomic E-state index is 0.0630. The molecule has 6 rings (SSSR count). The first-order valence-corrected chi connectivity index (χ1v) is 13.1.